The maximum Gasteiger partial charge on any atom is 0.291 e. The molecule has 0 aliphatic rings. The van der Waals surface area contributed by atoms with E-state index in [9.17, 15) is 9.90 Å². The van der Waals surface area contributed by atoms with Crippen molar-refractivity contribution in [3.8, 4) is 5.75 Å². The standard InChI is InChI=1S/C12H10I2N4O2/c1-6-2-10(17-16-6)12(20)18-15-5-7-3-8(13)11(19)9(14)4-7/h2-5,19H,1H3,(H,16,17)(H,18,20)/b15-5-. The molecule has 0 spiro atoms. The van der Waals surface area contributed by atoms with Gasteiger partial charge in [0.25, 0.3) is 5.91 Å². The SMILES string of the molecule is Cc1cc(C(=O)N/N=C\c2cc(I)c(O)c(I)c2)n[nH]1. The molecule has 1 heterocycles. The number of hydrogen-bond acceptors (Lipinski definition) is 4. The van der Waals surface area contributed by atoms with Crippen LogP contribution in [0, 0.1) is 14.1 Å². The molecular weight excluding hydrogens is 486 g/mol. The largest absolute Gasteiger partial charge is 0.506 e. The molecule has 1 amide bonds. The molecule has 0 saturated carbocycles. The number of H-pyrrole nitrogens is 1. The second-order valence-corrected chi connectivity index (χ2v) is 6.29. The zero-order chi connectivity index (χ0) is 14.7. The highest BCUT2D eigenvalue weighted by Gasteiger charge is 2.08. The fraction of sp³-hybridized carbons (Fsp3) is 0.0833. The number of aromatic nitrogens is 2. The molecule has 0 aliphatic carbocycles. The van der Waals surface area contributed by atoms with Crippen LogP contribution in [0.4, 0.5) is 0 Å². The average Bonchev–Trinajstić information content (AvgIpc) is 2.82. The van der Waals surface area contributed by atoms with E-state index in [0.29, 0.717) is 0 Å². The van der Waals surface area contributed by atoms with Crippen molar-refractivity contribution in [2.75, 3.05) is 0 Å². The van der Waals surface area contributed by atoms with Crippen LogP contribution >= 0.6 is 45.2 Å². The number of benzene rings is 1. The third-order valence-electron chi connectivity index (χ3n) is 2.36. The molecule has 0 atom stereocenters. The molecule has 2 rings (SSSR count). The number of hydrazone groups is 1. The number of aryl methyl sites for hydroxylation is 1. The van der Waals surface area contributed by atoms with E-state index in [0.717, 1.165) is 18.4 Å². The van der Waals surface area contributed by atoms with Gasteiger partial charge in [0, 0.05) is 5.69 Å². The number of amides is 1. The lowest BCUT2D eigenvalue weighted by Gasteiger charge is -2.02. The summed E-state index contributed by atoms with van der Waals surface area (Å²) in [5, 5.41) is 20.0. The number of aromatic hydroxyl groups is 1. The first kappa shape index (κ1) is 15.2. The first-order valence-corrected chi connectivity index (χ1v) is 7.66. The Bertz CT molecular complexity index is 659. The summed E-state index contributed by atoms with van der Waals surface area (Å²) in [5.74, 6) is -0.131. The van der Waals surface area contributed by atoms with Crippen molar-refractivity contribution in [1.29, 1.82) is 0 Å². The summed E-state index contributed by atoms with van der Waals surface area (Å²) in [6.07, 6.45) is 1.52. The van der Waals surface area contributed by atoms with Crippen molar-refractivity contribution in [2.24, 2.45) is 5.10 Å². The fourth-order valence-electron chi connectivity index (χ4n) is 1.42. The van der Waals surface area contributed by atoms with Gasteiger partial charge < -0.3 is 5.11 Å². The second kappa shape index (κ2) is 6.52. The van der Waals surface area contributed by atoms with Crippen LogP contribution in [0.15, 0.2) is 23.3 Å². The van der Waals surface area contributed by atoms with E-state index in [4.69, 9.17) is 0 Å². The van der Waals surface area contributed by atoms with Crippen molar-refractivity contribution in [3.63, 3.8) is 0 Å². The van der Waals surface area contributed by atoms with Crippen LogP contribution < -0.4 is 5.43 Å². The molecule has 8 heteroatoms. The van der Waals surface area contributed by atoms with E-state index in [1.807, 2.05) is 52.1 Å². The molecule has 0 radical (unpaired) electrons. The Kier molecular flexibility index (Phi) is 4.96. The first-order valence-electron chi connectivity index (χ1n) is 5.51. The number of nitrogens with one attached hydrogen (secondary N) is 2. The van der Waals surface area contributed by atoms with Crippen molar-refractivity contribution in [3.05, 3.63) is 42.3 Å². The lowest BCUT2D eigenvalue weighted by molar-refractivity contribution is 0.0950. The van der Waals surface area contributed by atoms with E-state index >= 15 is 0 Å². The third kappa shape index (κ3) is 3.69. The number of carbonyl (C=O) groups is 1. The smallest absolute Gasteiger partial charge is 0.291 e. The van der Waals surface area contributed by atoms with Gasteiger partial charge in [0.1, 0.15) is 5.75 Å². The molecule has 1 aromatic carbocycles. The van der Waals surface area contributed by atoms with Crippen LogP contribution in [0.1, 0.15) is 21.7 Å². The highest BCUT2D eigenvalue weighted by atomic mass is 127. The molecule has 0 unspecified atom stereocenters. The summed E-state index contributed by atoms with van der Waals surface area (Å²) in [4.78, 5) is 11.7. The van der Waals surface area contributed by atoms with Gasteiger partial charge in [-0.3, -0.25) is 9.89 Å². The minimum absolute atomic E-state index is 0.249. The van der Waals surface area contributed by atoms with Gasteiger partial charge in [-0.15, -0.1) is 0 Å². The average molecular weight is 496 g/mol. The molecule has 0 bridgehead atoms. The Morgan fingerprint density at radius 2 is 2.05 bits per heavy atom. The zero-order valence-electron chi connectivity index (χ0n) is 10.3. The molecule has 0 fully saturated rings. The Morgan fingerprint density at radius 3 is 2.60 bits per heavy atom. The minimum Gasteiger partial charge on any atom is -0.506 e. The normalized spacial score (nSPS) is 10.9. The summed E-state index contributed by atoms with van der Waals surface area (Å²) in [7, 11) is 0. The van der Waals surface area contributed by atoms with Crippen molar-refractivity contribution >= 4 is 57.3 Å². The molecule has 20 heavy (non-hydrogen) atoms. The number of carbonyl (C=O) groups excluding carboxylic acids is 1. The monoisotopic (exact) mass is 496 g/mol. The number of hydrogen-bond donors (Lipinski definition) is 3. The fourth-order valence-corrected chi connectivity index (χ4v) is 3.23. The van der Waals surface area contributed by atoms with Crippen LogP contribution in [-0.4, -0.2) is 27.4 Å². The molecule has 6 nitrogen and oxygen atoms in total. The van der Waals surface area contributed by atoms with Crippen LogP contribution in [0.25, 0.3) is 0 Å². The number of nitrogens with zero attached hydrogens (tertiary/aromatic N) is 2. The van der Waals surface area contributed by atoms with Gasteiger partial charge in [0.15, 0.2) is 5.69 Å². The summed E-state index contributed by atoms with van der Waals surface area (Å²) in [5.41, 5.74) is 4.28. The molecule has 1 aromatic heterocycles. The zero-order valence-corrected chi connectivity index (χ0v) is 14.6. The Hall–Kier alpha value is -1.17. The second-order valence-electron chi connectivity index (χ2n) is 3.97. The van der Waals surface area contributed by atoms with Crippen LogP contribution in [-0.2, 0) is 0 Å². The predicted molar refractivity (Wildman–Crippen MR) is 91.9 cm³/mol. The number of phenols is 1. The Morgan fingerprint density at radius 1 is 1.40 bits per heavy atom. The van der Waals surface area contributed by atoms with E-state index < -0.39 is 0 Å². The van der Waals surface area contributed by atoms with Gasteiger partial charge in [0.2, 0.25) is 0 Å². The number of rotatable bonds is 3. The summed E-state index contributed by atoms with van der Waals surface area (Å²) in [6.45, 7) is 1.81. The van der Waals surface area contributed by atoms with E-state index in [-0.39, 0.29) is 17.4 Å². The first-order chi connectivity index (χ1) is 9.47. The highest BCUT2D eigenvalue weighted by Crippen LogP contribution is 2.26. The number of phenolic OH excluding ortho intramolecular Hbond substituents is 1. The van der Waals surface area contributed by atoms with Gasteiger partial charge in [-0.1, -0.05) is 0 Å². The van der Waals surface area contributed by atoms with Crippen LogP contribution in [0.3, 0.4) is 0 Å². The number of halogens is 2. The molecule has 0 saturated heterocycles. The molecule has 0 aliphatic heterocycles. The molecule has 3 N–H and O–H groups in total. The van der Waals surface area contributed by atoms with E-state index in [1.54, 1.807) is 18.2 Å². The van der Waals surface area contributed by atoms with Crippen molar-refractivity contribution in [2.45, 2.75) is 6.92 Å². The molecular formula is C12H10I2N4O2. The topological polar surface area (TPSA) is 90.4 Å². The van der Waals surface area contributed by atoms with Crippen LogP contribution in [0.2, 0.25) is 0 Å². The number of aromatic amines is 1. The maximum atomic E-state index is 11.7. The molecule has 2 aromatic rings. The van der Waals surface area contributed by atoms with Crippen LogP contribution in [0.5, 0.6) is 5.75 Å². The van der Waals surface area contributed by atoms with Gasteiger partial charge in [-0.2, -0.15) is 10.2 Å². The van der Waals surface area contributed by atoms with Crippen molar-refractivity contribution in [1.82, 2.24) is 15.6 Å². The van der Waals surface area contributed by atoms with Gasteiger partial charge >= 0.3 is 0 Å². The quantitative estimate of drug-likeness (QED) is 0.347. The summed E-state index contributed by atoms with van der Waals surface area (Å²) < 4.78 is 1.45. The highest BCUT2D eigenvalue weighted by molar-refractivity contribution is 14.1. The summed E-state index contributed by atoms with van der Waals surface area (Å²) in [6, 6.07) is 5.18. The van der Waals surface area contributed by atoms with Gasteiger partial charge in [-0.05, 0) is 75.9 Å². The van der Waals surface area contributed by atoms with Gasteiger partial charge in [-0.25, -0.2) is 5.43 Å². The van der Waals surface area contributed by atoms with E-state index in [1.165, 1.54) is 6.21 Å². The van der Waals surface area contributed by atoms with Gasteiger partial charge in [0.05, 0.1) is 13.4 Å². The Labute approximate surface area is 142 Å². The van der Waals surface area contributed by atoms with E-state index in [2.05, 4.69) is 20.7 Å². The lowest BCUT2D eigenvalue weighted by atomic mass is 10.2. The Balaban J connectivity index is 2.05. The lowest BCUT2D eigenvalue weighted by Crippen LogP contribution is -2.18. The minimum atomic E-state index is -0.381. The molecule has 104 valence electrons. The summed E-state index contributed by atoms with van der Waals surface area (Å²) >= 11 is 4.07. The third-order valence-corrected chi connectivity index (χ3v) is 4.00. The maximum absolute atomic E-state index is 11.7. The predicted octanol–water partition coefficient (Wildman–Crippen LogP) is 2.40. The van der Waals surface area contributed by atoms with Crippen molar-refractivity contribution < 1.29 is 9.90 Å².